The highest BCUT2D eigenvalue weighted by Gasteiger charge is 2.20. The van der Waals surface area contributed by atoms with Gasteiger partial charge in [-0.2, -0.15) is 0 Å². The van der Waals surface area contributed by atoms with Gasteiger partial charge in [0.2, 0.25) is 0 Å². The zero-order chi connectivity index (χ0) is 14.6. The SMILES string of the molecule is CC1CC=Cc2c1c1ccccc1c1cc(Cl)cc(Br)c21. The van der Waals surface area contributed by atoms with Crippen molar-refractivity contribution in [3.05, 3.63) is 63.1 Å². The minimum Gasteiger partial charge on any atom is -0.0843 e. The Hall–Kier alpha value is -1.31. The van der Waals surface area contributed by atoms with Gasteiger partial charge in [0.1, 0.15) is 0 Å². The maximum atomic E-state index is 6.29. The Morgan fingerprint density at radius 1 is 1.10 bits per heavy atom. The molecule has 0 heterocycles. The highest BCUT2D eigenvalue weighted by molar-refractivity contribution is 9.10. The van der Waals surface area contributed by atoms with Crippen molar-refractivity contribution in [2.24, 2.45) is 0 Å². The summed E-state index contributed by atoms with van der Waals surface area (Å²) in [4.78, 5) is 0. The van der Waals surface area contributed by atoms with Crippen LogP contribution in [0.5, 0.6) is 0 Å². The third kappa shape index (κ3) is 1.95. The van der Waals surface area contributed by atoms with Gasteiger partial charge in [-0.15, -0.1) is 0 Å². The first-order valence-electron chi connectivity index (χ1n) is 7.16. The van der Waals surface area contributed by atoms with Crippen molar-refractivity contribution >= 4 is 55.2 Å². The molecule has 0 fully saturated rings. The molecule has 0 saturated carbocycles. The lowest BCUT2D eigenvalue weighted by Crippen LogP contribution is -2.02. The lowest BCUT2D eigenvalue weighted by atomic mass is 9.81. The molecule has 2 heteroatoms. The van der Waals surface area contributed by atoms with E-state index >= 15 is 0 Å². The largest absolute Gasteiger partial charge is 0.0843 e. The molecule has 0 amide bonds. The van der Waals surface area contributed by atoms with E-state index in [-0.39, 0.29) is 0 Å². The maximum absolute atomic E-state index is 6.29. The van der Waals surface area contributed by atoms with Gasteiger partial charge < -0.3 is 0 Å². The predicted molar refractivity (Wildman–Crippen MR) is 96.2 cm³/mol. The van der Waals surface area contributed by atoms with Gasteiger partial charge in [0.05, 0.1) is 0 Å². The lowest BCUT2D eigenvalue weighted by Gasteiger charge is -2.23. The van der Waals surface area contributed by atoms with Crippen LogP contribution in [0.2, 0.25) is 5.02 Å². The Morgan fingerprint density at radius 2 is 1.86 bits per heavy atom. The molecule has 0 N–H and O–H groups in total. The number of fused-ring (bicyclic) bond motifs is 6. The first-order valence-corrected chi connectivity index (χ1v) is 8.34. The van der Waals surface area contributed by atoms with Crippen molar-refractivity contribution in [1.29, 1.82) is 0 Å². The van der Waals surface area contributed by atoms with Crippen molar-refractivity contribution in [3.63, 3.8) is 0 Å². The molecule has 0 bridgehead atoms. The normalized spacial score (nSPS) is 17.4. The van der Waals surface area contributed by atoms with Crippen LogP contribution in [0.4, 0.5) is 0 Å². The summed E-state index contributed by atoms with van der Waals surface area (Å²) in [6.45, 7) is 2.31. The third-order valence-corrected chi connectivity index (χ3v) is 5.23. The summed E-state index contributed by atoms with van der Waals surface area (Å²) in [6, 6.07) is 12.7. The zero-order valence-corrected chi connectivity index (χ0v) is 14.0. The average molecular weight is 358 g/mol. The Labute approximate surface area is 137 Å². The molecular weight excluding hydrogens is 344 g/mol. The summed E-state index contributed by atoms with van der Waals surface area (Å²) < 4.78 is 1.07. The van der Waals surface area contributed by atoms with E-state index in [2.05, 4.69) is 65.3 Å². The molecular formula is C19H14BrCl. The lowest BCUT2D eigenvalue weighted by molar-refractivity contribution is 0.781. The standard InChI is InChI=1S/C19H14BrCl/c1-11-5-4-8-15-18(11)14-7-3-2-6-13(14)16-9-12(21)10-17(20)19(15)16/h2-4,6-11H,5H2,1H3. The molecule has 0 nitrogen and oxygen atoms in total. The van der Waals surface area contributed by atoms with Crippen LogP contribution < -0.4 is 0 Å². The summed E-state index contributed by atoms with van der Waals surface area (Å²) in [5, 5.41) is 5.91. The second-order valence-electron chi connectivity index (χ2n) is 5.72. The quantitative estimate of drug-likeness (QED) is 0.383. The highest BCUT2D eigenvalue weighted by atomic mass is 79.9. The van der Waals surface area contributed by atoms with E-state index in [4.69, 9.17) is 11.6 Å². The highest BCUT2D eigenvalue weighted by Crippen LogP contribution is 2.44. The fourth-order valence-electron chi connectivity index (χ4n) is 3.50. The molecule has 4 rings (SSSR count). The van der Waals surface area contributed by atoms with E-state index in [1.165, 1.54) is 32.7 Å². The van der Waals surface area contributed by atoms with E-state index in [1.54, 1.807) is 0 Å². The van der Waals surface area contributed by atoms with Crippen molar-refractivity contribution in [2.75, 3.05) is 0 Å². The van der Waals surface area contributed by atoms with Crippen LogP contribution in [0.3, 0.4) is 0 Å². The van der Waals surface area contributed by atoms with Crippen molar-refractivity contribution in [2.45, 2.75) is 19.3 Å². The Balaban J connectivity index is 2.34. The van der Waals surface area contributed by atoms with E-state index in [1.807, 2.05) is 6.07 Å². The smallest absolute Gasteiger partial charge is 0.0423 e. The van der Waals surface area contributed by atoms with Gasteiger partial charge in [-0.1, -0.05) is 70.9 Å². The Morgan fingerprint density at radius 3 is 2.67 bits per heavy atom. The molecule has 3 aromatic carbocycles. The Bertz CT molecular complexity index is 908. The molecule has 0 spiro atoms. The molecule has 1 atom stereocenters. The number of hydrogen-bond donors (Lipinski definition) is 0. The molecule has 3 aromatic rings. The van der Waals surface area contributed by atoms with Gasteiger partial charge in [-0.05, 0) is 51.8 Å². The van der Waals surface area contributed by atoms with Gasteiger partial charge in [-0.25, -0.2) is 0 Å². The van der Waals surface area contributed by atoms with Crippen LogP contribution in [-0.2, 0) is 0 Å². The van der Waals surface area contributed by atoms with Crippen LogP contribution in [-0.4, -0.2) is 0 Å². The molecule has 0 aromatic heterocycles. The van der Waals surface area contributed by atoms with Crippen LogP contribution in [0.15, 0.2) is 46.9 Å². The second kappa shape index (κ2) is 4.86. The second-order valence-corrected chi connectivity index (χ2v) is 7.01. The monoisotopic (exact) mass is 356 g/mol. The molecule has 0 radical (unpaired) electrons. The third-order valence-electron chi connectivity index (χ3n) is 4.39. The average Bonchev–Trinajstić information content (AvgIpc) is 2.46. The molecule has 1 aliphatic carbocycles. The minimum atomic E-state index is 0.543. The topological polar surface area (TPSA) is 0 Å². The molecule has 0 aliphatic heterocycles. The summed E-state index contributed by atoms with van der Waals surface area (Å²) >= 11 is 10.0. The van der Waals surface area contributed by atoms with Crippen molar-refractivity contribution < 1.29 is 0 Å². The predicted octanol–water partition coefficient (Wildman–Crippen LogP) is 6.93. The summed E-state index contributed by atoms with van der Waals surface area (Å²) in [5.41, 5.74) is 2.80. The fraction of sp³-hybridized carbons (Fsp3) is 0.158. The molecule has 21 heavy (non-hydrogen) atoms. The van der Waals surface area contributed by atoms with Crippen LogP contribution in [0.1, 0.15) is 30.4 Å². The van der Waals surface area contributed by atoms with Gasteiger partial charge in [0.15, 0.2) is 0 Å². The summed E-state index contributed by atoms with van der Waals surface area (Å²) in [6.07, 6.45) is 5.65. The van der Waals surface area contributed by atoms with Gasteiger partial charge in [0, 0.05) is 14.9 Å². The van der Waals surface area contributed by atoms with Crippen molar-refractivity contribution in [3.8, 4) is 0 Å². The van der Waals surface area contributed by atoms with Crippen LogP contribution >= 0.6 is 27.5 Å². The van der Waals surface area contributed by atoms with Gasteiger partial charge >= 0.3 is 0 Å². The number of halogens is 2. The first kappa shape index (κ1) is 13.4. The van der Waals surface area contributed by atoms with E-state index in [0.717, 1.165) is 15.9 Å². The Kier molecular flexibility index (Phi) is 3.09. The summed E-state index contributed by atoms with van der Waals surface area (Å²) in [5.74, 6) is 0.543. The summed E-state index contributed by atoms with van der Waals surface area (Å²) in [7, 11) is 0. The van der Waals surface area contributed by atoms with Crippen molar-refractivity contribution in [1.82, 2.24) is 0 Å². The number of allylic oxidation sites excluding steroid dienone is 1. The number of hydrogen-bond acceptors (Lipinski definition) is 0. The van der Waals surface area contributed by atoms with Gasteiger partial charge in [-0.3, -0.25) is 0 Å². The van der Waals surface area contributed by atoms with E-state index in [0.29, 0.717) is 5.92 Å². The fourth-order valence-corrected chi connectivity index (χ4v) is 4.53. The number of rotatable bonds is 0. The first-order chi connectivity index (χ1) is 10.2. The minimum absolute atomic E-state index is 0.543. The molecule has 1 aliphatic rings. The molecule has 0 saturated heterocycles. The van der Waals surface area contributed by atoms with E-state index < -0.39 is 0 Å². The molecule has 104 valence electrons. The maximum Gasteiger partial charge on any atom is 0.0423 e. The molecule has 1 unspecified atom stereocenters. The zero-order valence-electron chi connectivity index (χ0n) is 11.7. The van der Waals surface area contributed by atoms with E-state index in [9.17, 15) is 0 Å². The number of benzene rings is 3. The van der Waals surface area contributed by atoms with Crippen LogP contribution in [0.25, 0.3) is 27.6 Å². The van der Waals surface area contributed by atoms with Gasteiger partial charge in [0.25, 0.3) is 0 Å². The van der Waals surface area contributed by atoms with Crippen LogP contribution in [0, 0.1) is 0 Å².